The Balaban J connectivity index is 0.922. The maximum atomic E-state index is 2.48. The number of fused-ring (bicyclic) bond motifs is 12. The normalized spacial score (nSPS) is 12.6. The third-order valence-corrected chi connectivity index (χ3v) is 13.9. The van der Waals surface area contributed by atoms with Crippen molar-refractivity contribution in [3.8, 4) is 22.5 Å². The van der Waals surface area contributed by atoms with Crippen LogP contribution in [0.2, 0.25) is 0 Å². The molecule has 0 atom stereocenters. The van der Waals surface area contributed by atoms with Crippen LogP contribution in [0.5, 0.6) is 0 Å². The topological polar surface area (TPSA) is 14.3 Å². The van der Waals surface area contributed by atoms with Crippen LogP contribution in [0, 0.1) is 0 Å². The Bertz CT molecular complexity index is 4330. The van der Waals surface area contributed by atoms with Crippen LogP contribution >= 0.6 is 0 Å². The molecule has 0 saturated heterocycles. The lowest BCUT2D eigenvalue weighted by molar-refractivity contribution is 1.18. The molecule has 0 aliphatic carbocycles. The molecule has 0 saturated carbocycles. The van der Waals surface area contributed by atoms with Crippen molar-refractivity contribution in [2.45, 2.75) is 0 Å². The average molecular weight is 772 g/mol. The molecular weight excluding hydrogens is 739 g/mol. The second-order valence-corrected chi connectivity index (χ2v) is 16.9. The number of hydrogen-bond acceptors (Lipinski definition) is 0. The first-order valence-electron chi connectivity index (χ1n) is 21.2. The van der Waals surface area contributed by atoms with Crippen LogP contribution in [0.25, 0.3) is 137 Å². The molecule has 0 spiro atoms. The summed E-state index contributed by atoms with van der Waals surface area (Å²) in [6.07, 6.45) is 0. The van der Waals surface area contributed by atoms with E-state index in [1.54, 1.807) is 0 Å². The van der Waals surface area contributed by atoms with Crippen LogP contribution < -0.4 is 0 Å². The van der Waals surface area contributed by atoms with Crippen molar-refractivity contribution < 1.29 is 0 Å². The maximum Gasteiger partial charge on any atom is 0.0620 e. The fourth-order valence-corrected chi connectivity index (χ4v) is 11.3. The van der Waals surface area contributed by atoms with Gasteiger partial charge < -0.3 is 13.5 Å². The van der Waals surface area contributed by atoms with Crippen molar-refractivity contribution in [1.82, 2.24) is 13.5 Å². The third-order valence-electron chi connectivity index (χ3n) is 13.9. The Labute approximate surface area is 348 Å². The van der Waals surface area contributed by atoms with Crippen molar-refractivity contribution in [1.29, 1.82) is 0 Å². The lowest BCUT2D eigenvalue weighted by Gasteiger charge is -2.16. The maximum absolute atomic E-state index is 2.48. The lowest BCUT2D eigenvalue weighted by Crippen LogP contribution is -1.96. The Hall–Kier alpha value is -8.14. The largest absolute Gasteiger partial charge is 0.309 e. The predicted molar refractivity (Wildman–Crippen MR) is 259 cm³/mol. The van der Waals surface area contributed by atoms with Gasteiger partial charge in [-0.05, 0) is 98.7 Å². The molecule has 61 heavy (non-hydrogen) atoms. The number of benzene rings is 11. The van der Waals surface area contributed by atoms with Crippen LogP contribution in [-0.4, -0.2) is 13.5 Å². The van der Waals surface area contributed by atoms with E-state index >= 15 is 0 Å². The minimum Gasteiger partial charge on any atom is -0.309 e. The summed E-state index contributed by atoms with van der Waals surface area (Å²) in [6, 6.07) is 74.8. The average Bonchev–Trinajstić information content (AvgIpc) is 4.05. The number of aromatic nitrogens is 3. The van der Waals surface area contributed by atoms with E-state index in [1.807, 2.05) is 0 Å². The SMILES string of the molecule is c1cc2ccc3ccc(-n4c5ccccc5c5cc(-c6ccc7c(c6)c6ccccc6n7-c6ccc7c8cccc9c%10ccccc%10n(c7c6)c98)ccc54)c4ccc(c1)c2c34. The van der Waals surface area contributed by atoms with Gasteiger partial charge in [-0.15, -0.1) is 0 Å². The Morgan fingerprint density at radius 2 is 0.754 bits per heavy atom. The van der Waals surface area contributed by atoms with Crippen molar-refractivity contribution in [2.24, 2.45) is 0 Å². The van der Waals surface area contributed by atoms with Crippen molar-refractivity contribution in [3.63, 3.8) is 0 Å². The minimum atomic E-state index is 1.16. The van der Waals surface area contributed by atoms with E-state index in [0.717, 1.165) is 5.69 Å². The molecular formula is C58H33N3. The van der Waals surface area contributed by atoms with Gasteiger partial charge in [0.2, 0.25) is 0 Å². The summed E-state index contributed by atoms with van der Waals surface area (Å²) in [7, 11) is 0. The molecule has 0 bridgehead atoms. The van der Waals surface area contributed by atoms with E-state index in [-0.39, 0.29) is 0 Å². The number of para-hydroxylation sites is 4. The first-order valence-corrected chi connectivity index (χ1v) is 21.2. The molecule has 4 aromatic heterocycles. The highest BCUT2D eigenvalue weighted by molar-refractivity contribution is 6.26. The molecule has 11 aromatic carbocycles. The Kier molecular flexibility index (Phi) is 5.90. The smallest absolute Gasteiger partial charge is 0.0620 e. The minimum absolute atomic E-state index is 1.16. The Morgan fingerprint density at radius 1 is 0.262 bits per heavy atom. The van der Waals surface area contributed by atoms with Gasteiger partial charge in [-0.3, -0.25) is 0 Å². The molecule has 0 N–H and O–H groups in total. The highest BCUT2D eigenvalue weighted by Crippen LogP contribution is 2.44. The van der Waals surface area contributed by atoms with Gasteiger partial charge in [0.25, 0.3) is 0 Å². The van der Waals surface area contributed by atoms with Crippen LogP contribution in [-0.2, 0) is 0 Å². The molecule has 0 unspecified atom stereocenters. The Morgan fingerprint density at radius 3 is 1.46 bits per heavy atom. The van der Waals surface area contributed by atoms with Gasteiger partial charge in [-0.1, -0.05) is 140 Å². The third kappa shape index (κ3) is 4.03. The molecule has 280 valence electrons. The summed E-state index contributed by atoms with van der Waals surface area (Å²) >= 11 is 0. The van der Waals surface area contributed by atoms with Crippen LogP contribution in [0.4, 0.5) is 0 Å². The lowest BCUT2D eigenvalue weighted by atomic mass is 9.93. The quantitative estimate of drug-likeness (QED) is 0.159. The highest BCUT2D eigenvalue weighted by Gasteiger charge is 2.21. The molecule has 0 aliphatic rings. The number of hydrogen-bond donors (Lipinski definition) is 0. The van der Waals surface area contributed by atoms with E-state index in [4.69, 9.17) is 0 Å². The predicted octanol–water partition coefficient (Wildman–Crippen LogP) is 15.6. The summed E-state index contributed by atoms with van der Waals surface area (Å²) in [5.74, 6) is 0. The van der Waals surface area contributed by atoms with E-state index in [0.29, 0.717) is 0 Å². The summed E-state index contributed by atoms with van der Waals surface area (Å²) in [6.45, 7) is 0. The zero-order chi connectivity index (χ0) is 39.5. The van der Waals surface area contributed by atoms with Crippen LogP contribution in [0.15, 0.2) is 200 Å². The summed E-state index contributed by atoms with van der Waals surface area (Å²) in [4.78, 5) is 0. The molecule has 3 heteroatoms. The standard InChI is InChI=1S/C58H33N3/c1-6-18-51-40(11-1)44-14-8-15-45-43-27-25-39(33-55(43)61(51)58(44)45)59-49-16-4-2-12-41(49)47-31-37(23-29-53(47)59)38-24-30-54-48(32-38)42-13-3-5-17-50(42)60(54)52-28-22-36-20-19-34-9-7-10-35-21-26-46(52)57(36)56(34)35/h1-33H. The number of rotatable bonds is 3. The van der Waals surface area contributed by atoms with Crippen molar-refractivity contribution in [3.05, 3.63) is 200 Å². The van der Waals surface area contributed by atoms with E-state index in [2.05, 4.69) is 214 Å². The first kappa shape index (κ1) is 31.8. The zero-order valence-electron chi connectivity index (χ0n) is 32.9. The van der Waals surface area contributed by atoms with Crippen molar-refractivity contribution in [2.75, 3.05) is 0 Å². The van der Waals surface area contributed by atoms with E-state index < -0.39 is 0 Å². The second-order valence-electron chi connectivity index (χ2n) is 16.9. The van der Waals surface area contributed by atoms with Crippen molar-refractivity contribution >= 4 is 114 Å². The van der Waals surface area contributed by atoms with Gasteiger partial charge in [0.15, 0.2) is 0 Å². The molecule has 0 amide bonds. The first-order chi connectivity index (χ1) is 30.3. The van der Waals surface area contributed by atoms with Crippen LogP contribution in [0.3, 0.4) is 0 Å². The van der Waals surface area contributed by atoms with Gasteiger partial charge in [0, 0.05) is 54.2 Å². The highest BCUT2D eigenvalue weighted by atomic mass is 15.0. The molecule has 4 heterocycles. The molecule has 0 aliphatic heterocycles. The van der Waals surface area contributed by atoms with Gasteiger partial charge in [-0.25, -0.2) is 0 Å². The van der Waals surface area contributed by atoms with Gasteiger partial charge in [0.1, 0.15) is 0 Å². The molecule has 15 rings (SSSR count). The molecule has 15 aromatic rings. The monoisotopic (exact) mass is 771 g/mol. The zero-order valence-corrected chi connectivity index (χ0v) is 32.9. The molecule has 0 fully saturated rings. The van der Waals surface area contributed by atoms with Gasteiger partial charge in [-0.2, -0.15) is 0 Å². The fourth-order valence-electron chi connectivity index (χ4n) is 11.3. The summed E-state index contributed by atoms with van der Waals surface area (Å²) < 4.78 is 7.41. The van der Waals surface area contributed by atoms with E-state index in [1.165, 1.54) is 131 Å². The fraction of sp³-hybridized carbons (Fsp3) is 0. The second kappa shape index (κ2) is 11.3. The summed E-state index contributed by atoms with van der Waals surface area (Å²) in [5.41, 5.74) is 13.4. The van der Waals surface area contributed by atoms with E-state index in [9.17, 15) is 0 Å². The van der Waals surface area contributed by atoms with Gasteiger partial charge in [0.05, 0.1) is 44.3 Å². The van der Waals surface area contributed by atoms with Crippen LogP contribution in [0.1, 0.15) is 0 Å². The number of nitrogens with zero attached hydrogens (tertiary/aromatic N) is 3. The molecule has 0 radical (unpaired) electrons. The van der Waals surface area contributed by atoms with Gasteiger partial charge >= 0.3 is 0 Å². The molecule has 3 nitrogen and oxygen atoms in total. The summed E-state index contributed by atoms with van der Waals surface area (Å²) in [5, 5.41) is 18.0.